The van der Waals surface area contributed by atoms with Gasteiger partial charge in [-0.25, -0.2) is 0 Å². The van der Waals surface area contributed by atoms with Crippen LogP contribution in [0.3, 0.4) is 0 Å². The van der Waals surface area contributed by atoms with E-state index in [0.717, 1.165) is 6.54 Å². The lowest BCUT2D eigenvalue weighted by atomic mass is 9.82. The van der Waals surface area contributed by atoms with Crippen molar-refractivity contribution in [1.29, 1.82) is 0 Å². The molecule has 1 aliphatic heterocycles. The Bertz CT molecular complexity index is 320. The summed E-state index contributed by atoms with van der Waals surface area (Å²) in [7, 11) is 0. The van der Waals surface area contributed by atoms with Gasteiger partial charge in [0.1, 0.15) is 0 Å². The van der Waals surface area contributed by atoms with Crippen LogP contribution in [-0.4, -0.2) is 12.5 Å². The summed E-state index contributed by atoms with van der Waals surface area (Å²) in [6.45, 7) is 2.93. The number of hydrogen-bond acceptors (Lipinski definition) is 1. The smallest absolute Gasteiger partial charge is 0.220 e. The molecule has 1 saturated heterocycles. The van der Waals surface area contributed by atoms with Gasteiger partial charge >= 0.3 is 0 Å². The van der Waals surface area contributed by atoms with E-state index < -0.39 is 0 Å². The first kappa shape index (κ1) is 9.25. The van der Waals surface area contributed by atoms with Crippen molar-refractivity contribution < 1.29 is 4.79 Å². The Hall–Kier alpha value is -1.31. The Balaban J connectivity index is 2.16. The van der Waals surface area contributed by atoms with Crippen LogP contribution >= 0.6 is 0 Å². The number of carbonyl (C=O) groups is 1. The van der Waals surface area contributed by atoms with E-state index in [0.29, 0.717) is 18.3 Å². The molecule has 1 aromatic rings. The molecule has 1 amide bonds. The summed E-state index contributed by atoms with van der Waals surface area (Å²) >= 11 is 0. The van der Waals surface area contributed by atoms with Crippen molar-refractivity contribution in [2.75, 3.05) is 6.54 Å². The SMILES string of the molecule is C[C@@H]1CC(=O)NC[C@H]1c1ccccc1. The Labute approximate surface area is 84.3 Å². The average Bonchev–Trinajstić information content (AvgIpc) is 2.19. The second-order valence-electron chi connectivity index (χ2n) is 4.00. The minimum atomic E-state index is 0.185. The molecular formula is C12H15NO. The molecule has 0 unspecified atom stereocenters. The number of carbonyl (C=O) groups excluding carboxylic acids is 1. The Kier molecular flexibility index (Phi) is 2.53. The lowest BCUT2D eigenvalue weighted by Crippen LogP contribution is -2.38. The number of rotatable bonds is 1. The van der Waals surface area contributed by atoms with Crippen LogP contribution < -0.4 is 5.32 Å². The van der Waals surface area contributed by atoms with Crippen LogP contribution in [0, 0.1) is 5.92 Å². The summed E-state index contributed by atoms with van der Waals surface area (Å²) in [6.07, 6.45) is 0.652. The van der Waals surface area contributed by atoms with Crippen LogP contribution in [0.1, 0.15) is 24.8 Å². The molecule has 2 rings (SSSR count). The maximum atomic E-state index is 11.1. The molecule has 0 radical (unpaired) electrons. The predicted octanol–water partition coefficient (Wildman–Crippen LogP) is 1.93. The zero-order valence-electron chi connectivity index (χ0n) is 8.36. The minimum Gasteiger partial charge on any atom is -0.355 e. The van der Waals surface area contributed by atoms with Gasteiger partial charge in [-0.05, 0) is 11.5 Å². The van der Waals surface area contributed by atoms with Gasteiger partial charge in [0.25, 0.3) is 0 Å². The standard InChI is InChI=1S/C12H15NO/c1-9-7-12(14)13-8-11(9)10-5-3-2-4-6-10/h2-6,9,11H,7-8H2,1H3,(H,13,14)/t9-,11-/m1/s1. The van der Waals surface area contributed by atoms with Crippen molar-refractivity contribution in [2.45, 2.75) is 19.3 Å². The molecule has 14 heavy (non-hydrogen) atoms. The lowest BCUT2D eigenvalue weighted by Gasteiger charge is -2.29. The van der Waals surface area contributed by atoms with Gasteiger partial charge in [0.05, 0.1) is 0 Å². The number of nitrogens with one attached hydrogen (secondary N) is 1. The summed E-state index contributed by atoms with van der Waals surface area (Å²) < 4.78 is 0. The lowest BCUT2D eigenvalue weighted by molar-refractivity contribution is -0.123. The molecule has 2 heteroatoms. The number of piperidine rings is 1. The van der Waals surface area contributed by atoms with Crippen LogP contribution in [0.15, 0.2) is 30.3 Å². The Morgan fingerprint density at radius 1 is 1.29 bits per heavy atom. The molecule has 1 aliphatic rings. The van der Waals surface area contributed by atoms with Crippen molar-refractivity contribution in [1.82, 2.24) is 5.32 Å². The van der Waals surface area contributed by atoms with E-state index in [4.69, 9.17) is 0 Å². The van der Waals surface area contributed by atoms with Gasteiger partial charge in [-0.15, -0.1) is 0 Å². The van der Waals surface area contributed by atoms with Gasteiger partial charge in [0.2, 0.25) is 5.91 Å². The highest BCUT2D eigenvalue weighted by Gasteiger charge is 2.26. The van der Waals surface area contributed by atoms with Gasteiger partial charge < -0.3 is 5.32 Å². The molecule has 1 aromatic carbocycles. The van der Waals surface area contributed by atoms with E-state index in [9.17, 15) is 4.79 Å². The van der Waals surface area contributed by atoms with Crippen molar-refractivity contribution in [2.24, 2.45) is 5.92 Å². The van der Waals surface area contributed by atoms with Crippen LogP contribution in [-0.2, 0) is 4.79 Å². The third kappa shape index (κ3) is 1.79. The van der Waals surface area contributed by atoms with Crippen molar-refractivity contribution in [3.8, 4) is 0 Å². The first-order chi connectivity index (χ1) is 6.77. The minimum absolute atomic E-state index is 0.185. The molecule has 1 heterocycles. The molecule has 1 N–H and O–H groups in total. The fraction of sp³-hybridized carbons (Fsp3) is 0.417. The Morgan fingerprint density at radius 2 is 2.00 bits per heavy atom. The largest absolute Gasteiger partial charge is 0.355 e. The van der Waals surface area contributed by atoms with Crippen molar-refractivity contribution in [3.63, 3.8) is 0 Å². The van der Waals surface area contributed by atoms with E-state index in [1.54, 1.807) is 0 Å². The monoisotopic (exact) mass is 189 g/mol. The quantitative estimate of drug-likeness (QED) is 0.718. The molecule has 74 valence electrons. The third-order valence-corrected chi connectivity index (χ3v) is 2.94. The second kappa shape index (κ2) is 3.82. The summed E-state index contributed by atoms with van der Waals surface area (Å²) in [4.78, 5) is 11.1. The highest BCUT2D eigenvalue weighted by atomic mass is 16.1. The maximum Gasteiger partial charge on any atom is 0.220 e. The first-order valence-corrected chi connectivity index (χ1v) is 5.09. The molecule has 2 nitrogen and oxygen atoms in total. The normalized spacial score (nSPS) is 27.1. The van der Waals surface area contributed by atoms with Crippen LogP contribution in [0.4, 0.5) is 0 Å². The molecular weight excluding hydrogens is 174 g/mol. The van der Waals surface area contributed by atoms with Gasteiger partial charge in [-0.3, -0.25) is 4.79 Å². The second-order valence-corrected chi connectivity index (χ2v) is 4.00. The van der Waals surface area contributed by atoms with Crippen LogP contribution in [0.5, 0.6) is 0 Å². The third-order valence-electron chi connectivity index (χ3n) is 2.94. The number of benzene rings is 1. The first-order valence-electron chi connectivity index (χ1n) is 5.09. The fourth-order valence-corrected chi connectivity index (χ4v) is 2.08. The Morgan fingerprint density at radius 3 is 2.64 bits per heavy atom. The van der Waals surface area contributed by atoms with E-state index in [1.807, 2.05) is 6.07 Å². The maximum absolute atomic E-state index is 11.1. The predicted molar refractivity (Wildman–Crippen MR) is 56.0 cm³/mol. The highest BCUT2D eigenvalue weighted by molar-refractivity contribution is 5.77. The van der Waals surface area contributed by atoms with Gasteiger partial charge in [-0.1, -0.05) is 37.3 Å². The van der Waals surface area contributed by atoms with E-state index in [2.05, 4.69) is 36.5 Å². The summed E-state index contributed by atoms with van der Waals surface area (Å²) in [6, 6.07) is 10.4. The van der Waals surface area contributed by atoms with Crippen LogP contribution in [0.25, 0.3) is 0 Å². The van der Waals surface area contributed by atoms with E-state index >= 15 is 0 Å². The highest BCUT2D eigenvalue weighted by Crippen LogP contribution is 2.28. The molecule has 0 aliphatic carbocycles. The molecule has 0 aromatic heterocycles. The zero-order chi connectivity index (χ0) is 9.97. The van der Waals surface area contributed by atoms with Gasteiger partial charge in [0.15, 0.2) is 0 Å². The summed E-state index contributed by atoms with van der Waals surface area (Å²) in [5, 5.41) is 2.92. The molecule has 2 atom stereocenters. The molecule has 0 saturated carbocycles. The topological polar surface area (TPSA) is 29.1 Å². The van der Waals surface area contributed by atoms with Crippen LogP contribution in [0.2, 0.25) is 0 Å². The molecule has 0 bridgehead atoms. The van der Waals surface area contributed by atoms with E-state index in [-0.39, 0.29) is 5.91 Å². The average molecular weight is 189 g/mol. The number of hydrogen-bond donors (Lipinski definition) is 1. The fourth-order valence-electron chi connectivity index (χ4n) is 2.08. The molecule has 1 fully saturated rings. The van der Waals surface area contributed by atoms with E-state index in [1.165, 1.54) is 5.56 Å². The zero-order valence-corrected chi connectivity index (χ0v) is 8.36. The molecule has 0 spiro atoms. The van der Waals surface area contributed by atoms with Crippen molar-refractivity contribution in [3.05, 3.63) is 35.9 Å². The van der Waals surface area contributed by atoms with Gasteiger partial charge in [0, 0.05) is 18.9 Å². The van der Waals surface area contributed by atoms with Crippen molar-refractivity contribution >= 4 is 5.91 Å². The number of amides is 1. The summed E-state index contributed by atoms with van der Waals surface area (Å²) in [5.74, 6) is 1.12. The van der Waals surface area contributed by atoms with Gasteiger partial charge in [-0.2, -0.15) is 0 Å². The summed E-state index contributed by atoms with van der Waals surface area (Å²) in [5.41, 5.74) is 1.33.